The Hall–Kier alpha value is -3.17. The SMILES string of the molecule is CCN1C(=O)N(c2cnn(Cc3c(C)noc3C)c2)C(O)N1Cc1ccccc1. The standard InChI is InChI=1S/C20H24N6O3/c1-4-24-19(27)26(20(28)25(24)11-16-8-6-5-7-9-16)17-10-21-23(12-17)13-18-14(2)22-29-15(18)3/h5-10,12,20,28H,4,11,13H2,1-3H3. The van der Waals surface area contributed by atoms with E-state index in [0.717, 1.165) is 22.6 Å². The van der Waals surface area contributed by atoms with Gasteiger partial charge in [-0.1, -0.05) is 35.5 Å². The predicted octanol–water partition coefficient (Wildman–Crippen LogP) is 2.49. The second-order valence-electron chi connectivity index (χ2n) is 7.00. The molecule has 0 aliphatic carbocycles. The number of aliphatic hydroxyl groups is 1. The molecule has 1 unspecified atom stereocenters. The fraction of sp³-hybridized carbons (Fsp3) is 0.350. The zero-order valence-electron chi connectivity index (χ0n) is 16.7. The van der Waals surface area contributed by atoms with E-state index in [2.05, 4.69) is 10.3 Å². The Labute approximate surface area is 168 Å². The van der Waals surface area contributed by atoms with Crippen LogP contribution in [-0.2, 0) is 13.1 Å². The zero-order valence-corrected chi connectivity index (χ0v) is 16.7. The summed E-state index contributed by atoms with van der Waals surface area (Å²) in [6.45, 7) is 6.97. The summed E-state index contributed by atoms with van der Waals surface area (Å²) in [5, 5.41) is 22.4. The summed E-state index contributed by atoms with van der Waals surface area (Å²) < 4.78 is 6.90. The molecule has 9 heteroatoms. The van der Waals surface area contributed by atoms with Gasteiger partial charge in [0.15, 0.2) is 0 Å². The van der Waals surface area contributed by atoms with Crippen molar-refractivity contribution in [2.75, 3.05) is 11.4 Å². The zero-order chi connectivity index (χ0) is 20.5. The van der Waals surface area contributed by atoms with Crippen molar-refractivity contribution in [3.63, 3.8) is 0 Å². The summed E-state index contributed by atoms with van der Waals surface area (Å²) in [5.74, 6) is 0.739. The van der Waals surface area contributed by atoms with Gasteiger partial charge in [0.1, 0.15) is 5.76 Å². The lowest BCUT2D eigenvalue weighted by atomic mass is 10.2. The topological polar surface area (TPSA) is 90.9 Å². The van der Waals surface area contributed by atoms with Crippen molar-refractivity contribution in [3.8, 4) is 0 Å². The summed E-state index contributed by atoms with van der Waals surface area (Å²) in [6, 6.07) is 9.46. The molecule has 29 heavy (non-hydrogen) atoms. The third-order valence-electron chi connectivity index (χ3n) is 5.12. The van der Waals surface area contributed by atoms with Crippen molar-refractivity contribution < 1.29 is 14.4 Å². The van der Waals surface area contributed by atoms with Crippen molar-refractivity contribution in [2.24, 2.45) is 0 Å². The van der Waals surface area contributed by atoms with E-state index in [1.54, 1.807) is 27.1 Å². The maximum atomic E-state index is 13.0. The van der Waals surface area contributed by atoms with Crippen LogP contribution in [0.3, 0.4) is 0 Å². The maximum absolute atomic E-state index is 13.0. The predicted molar refractivity (Wildman–Crippen MR) is 106 cm³/mol. The van der Waals surface area contributed by atoms with Gasteiger partial charge in [-0.15, -0.1) is 0 Å². The van der Waals surface area contributed by atoms with Crippen molar-refractivity contribution >= 4 is 11.7 Å². The van der Waals surface area contributed by atoms with Crippen molar-refractivity contribution in [1.82, 2.24) is 25.0 Å². The summed E-state index contributed by atoms with van der Waals surface area (Å²) in [7, 11) is 0. The normalized spacial score (nSPS) is 17.5. The molecule has 3 aromatic rings. The number of amides is 2. The second kappa shape index (κ2) is 7.69. The fourth-order valence-corrected chi connectivity index (χ4v) is 3.54. The van der Waals surface area contributed by atoms with Crippen LogP contribution in [0.25, 0.3) is 0 Å². The molecule has 1 aliphatic rings. The Morgan fingerprint density at radius 2 is 1.93 bits per heavy atom. The largest absolute Gasteiger partial charge is 0.361 e. The molecule has 0 bridgehead atoms. The molecule has 1 saturated heterocycles. The highest BCUT2D eigenvalue weighted by Crippen LogP contribution is 2.28. The molecule has 1 aliphatic heterocycles. The summed E-state index contributed by atoms with van der Waals surface area (Å²) in [5.41, 5.74) is 3.30. The molecule has 4 rings (SSSR count). The van der Waals surface area contributed by atoms with E-state index in [4.69, 9.17) is 4.52 Å². The third-order valence-corrected chi connectivity index (χ3v) is 5.12. The van der Waals surface area contributed by atoms with Gasteiger partial charge in [0.25, 0.3) is 0 Å². The first-order valence-corrected chi connectivity index (χ1v) is 9.53. The van der Waals surface area contributed by atoms with Gasteiger partial charge < -0.3 is 9.63 Å². The molecule has 0 spiro atoms. The average molecular weight is 396 g/mol. The first kappa shape index (κ1) is 19.2. The highest BCUT2D eigenvalue weighted by atomic mass is 16.5. The summed E-state index contributed by atoms with van der Waals surface area (Å²) in [4.78, 5) is 14.3. The molecular weight excluding hydrogens is 372 g/mol. The number of aryl methyl sites for hydroxylation is 2. The summed E-state index contributed by atoms with van der Waals surface area (Å²) in [6.07, 6.45) is 2.21. The van der Waals surface area contributed by atoms with Gasteiger partial charge in [-0.2, -0.15) is 10.1 Å². The van der Waals surface area contributed by atoms with Crippen LogP contribution in [-0.4, -0.2) is 49.0 Å². The van der Waals surface area contributed by atoms with Crippen LogP contribution in [0.2, 0.25) is 0 Å². The minimum Gasteiger partial charge on any atom is -0.361 e. The molecule has 9 nitrogen and oxygen atoms in total. The van der Waals surface area contributed by atoms with E-state index in [-0.39, 0.29) is 6.03 Å². The van der Waals surface area contributed by atoms with Gasteiger partial charge >= 0.3 is 6.03 Å². The number of aromatic nitrogens is 3. The molecule has 152 valence electrons. The number of benzene rings is 1. The number of hydrogen-bond acceptors (Lipinski definition) is 6. The Morgan fingerprint density at radius 1 is 1.17 bits per heavy atom. The molecule has 1 fully saturated rings. The number of carbonyl (C=O) groups excluding carboxylic acids is 1. The smallest absolute Gasteiger partial charge is 0.342 e. The van der Waals surface area contributed by atoms with E-state index in [1.165, 1.54) is 4.90 Å². The van der Waals surface area contributed by atoms with Gasteiger partial charge in [-0.05, 0) is 26.3 Å². The lowest BCUT2D eigenvalue weighted by molar-refractivity contribution is -0.0762. The number of aliphatic hydroxyl groups excluding tert-OH is 1. The Balaban J connectivity index is 1.56. The lowest BCUT2D eigenvalue weighted by Gasteiger charge is -2.27. The molecule has 1 aromatic carbocycles. The minimum atomic E-state index is -1.11. The van der Waals surface area contributed by atoms with Gasteiger partial charge in [-0.3, -0.25) is 9.69 Å². The van der Waals surface area contributed by atoms with Crippen LogP contribution in [0.5, 0.6) is 0 Å². The maximum Gasteiger partial charge on any atom is 0.342 e. The average Bonchev–Trinajstić information content (AvgIpc) is 3.36. The fourth-order valence-electron chi connectivity index (χ4n) is 3.54. The van der Waals surface area contributed by atoms with E-state index < -0.39 is 6.35 Å². The van der Waals surface area contributed by atoms with Gasteiger partial charge in [0.2, 0.25) is 6.35 Å². The highest BCUT2D eigenvalue weighted by Gasteiger charge is 2.43. The van der Waals surface area contributed by atoms with Crippen LogP contribution in [0, 0.1) is 13.8 Å². The summed E-state index contributed by atoms with van der Waals surface area (Å²) >= 11 is 0. The molecule has 0 saturated carbocycles. The molecule has 1 atom stereocenters. The molecule has 1 N–H and O–H groups in total. The Morgan fingerprint density at radius 3 is 2.59 bits per heavy atom. The van der Waals surface area contributed by atoms with E-state index in [1.807, 2.05) is 51.1 Å². The molecule has 0 radical (unpaired) electrons. The monoisotopic (exact) mass is 396 g/mol. The second-order valence-corrected chi connectivity index (χ2v) is 7.00. The minimum absolute atomic E-state index is 0.284. The number of hydrogen-bond donors (Lipinski definition) is 1. The third kappa shape index (κ3) is 3.50. The van der Waals surface area contributed by atoms with Gasteiger partial charge in [0.05, 0.1) is 24.1 Å². The van der Waals surface area contributed by atoms with Crippen molar-refractivity contribution in [1.29, 1.82) is 0 Å². The lowest BCUT2D eigenvalue weighted by Crippen LogP contribution is -2.42. The van der Waals surface area contributed by atoms with Gasteiger partial charge in [-0.25, -0.2) is 9.69 Å². The quantitative estimate of drug-likeness (QED) is 0.688. The first-order chi connectivity index (χ1) is 14.0. The van der Waals surface area contributed by atoms with Crippen LogP contribution in [0.4, 0.5) is 10.5 Å². The van der Waals surface area contributed by atoms with Crippen LogP contribution in [0.1, 0.15) is 29.5 Å². The number of carbonyl (C=O) groups is 1. The number of urea groups is 1. The van der Waals surface area contributed by atoms with Crippen molar-refractivity contribution in [3.05, 3.63) is 65.3 Å². The Kier molecular flexibility index (Phi) is 5.08. The number of hydrazine groups is 1. The molecular formula is C20H24N6O3. The van der Waals surface area contributed by atoms with E-state index in [0.29, 0.717) is 25.3 Å². The van der Waals surface area contributed by atoms with Crippen LogP contribution in [0.15, 0.2) is 47.2 Å². The van der Waals surface area contributed by atoms with E-state index in [9.17, 15) is 9.90 Å². The molecule has 3 heterocycles. The van der Waals surface area contributed by atoms with Crippen LogP contribution >= 0.6 is 0 Å². The Bertz CT molecular complexity index is 979. The number of anilines is 1. The van der Waals surface area contributed by atoms with Gasteiger partial charge in [0, 0.05) is 24.8 Å². The number of rotatable bonds is 6. The van der Waals surface area contributed by atoms with Crippen molar-refractivity contribution in [2.45, 2.75) is 40.2 Å². The number of nitrogens with zero attached hydrogens (tertiary/aromatic N) is 6. The highest BCUT2D eigenvalue weighted by molar-refractivity contribution is 5.93. The molecule has 2 aromatic heterocycles. The van der Waals surface area contributed by atoms with Crippen LogP contribution < -0.4 is 4.90 Å². The molecule has 2 amide bonds. The van der Waals surface area contributed by atoms with E-state index >= 15 is 0 Å². The first-order valence-electron chi connectivity index (χ1n) is 9.53.